The van der Waals surface area contributed by atoms with Crippen molar-refractivity contribution in [2.45, 2.75) is 6.42 Å². The zero-order chi connectivity index (χ0) is 20.2. The second kappa shape index (κ2) is 8.26. The van der Waals surface area contributed by atoms with Gasteiger partial charge in [0.05, 0.1) is 12.1 Å². The number of carbonyl (C=O) groups excluding carboxylic acids is 2. The first-order valence-electron chi connectivity index (χ1n) is 9.42. The summed E-state index contributed by atoms with van der Waals surface area (Å²) in [4.78, 5) is 32.8. The first-order chi connectivity index (χ1) is 14.1. The molecule has 1 aliphatic heterocycles. The Labute approximate surface area is 167 Å². The lowest BCUT2D eigenvalue weighted by Crippen LogP contribution is -2.51. The molecule has 3 aromatic rings. The molecule has 6 nitrogen and oxygen atoms in total. The quantitative estimate of drug-likeness (QED) is 0.684. The molecule has 2 amide bonds. The predicted molar refractivity (Wildman–Crippen MR) is 105 cm³/mol. The van der Waals surface area contributed by atoms with Crippen LogP contribution in [0.5, 0.6) is 0 Å². The van der Waals surface area contributed by atoms with E-state index in [1.54, 1.807) is 15.9 Å². The van der Waals surface area contributed by atoms with Gasteiger partial charge in [-0.05, 0) is 30.3 Å². The molecule has 1 aromatic heterocycles. The molecular formula is C22H20FN3O3. The summed E-state index contributed by atoms with van der Waals surface area (Å²) >= 11 is 0. The van der Waals surface area contributed by atoms with Crippen molar-refractivity contribution < 1.29 is 18.4 Å². The normalized spacial score (nSPS) is 14.1. The average molecular weight is 393 g/mol. The maximum Gasteiger partial charge on any atom is 0.254 e. The van der Waals surface area contributed by atoms with Gasteiger partial charge in [-0.15, -0.1) is 0 Å². The Hall–Kier alpha value is -3.48. The van der Waals surface area contributed by atoms with Crippen LogP contribution in [0.1, 0.15) is 16.1 Å². The minimum Gasteiger partial charge on any atom is -0.444 e. The van der Waals surface area contributed by atoms with Crippen molar-refractivity contribution in [3.8, 4) is 11.5 Å². The second-order valence-corrected chi connectivity index (χ2v) is 6.87. The Morgan fingerprint density at radius 2 is 1.69 bits per heavy atom. The highest BCUT2D eigenvalue weighted by atomic mass is 19.1. The molecule has 1 saturated heterocycles. The first kappa shape index (κ1) is 18.9. The highest BCUT2D eigenvalue weighted by Gasteiger charge is 2.25. The van der Waals surface area contributed by atoms with Crippen LogP contribution in [0.2, 0.25) is 0 Å². The standard InChI is InChI=1S/C22H20FN3O3/c23-18-8-4-7-17(13-18)22(28)26-11-9-25(10-12-26)20(27)14-19-15-29-21(24-19)16-5-2-1-3-6-16/h1-8,13,15H,9-12,14H2. The molecule has 0 spiro atoms. The molecule has 4 rings (SSSR count). The summed E-state index contributed by atoms with van der Waals surface area (Å²) in [6.45, 7) is 1.69. The number of nitrogens with zero attached hydrogens (tertiary/aromatic N) is 3. The van der Waals surface area contributed by atoms with Crippen LogP contribution in [0.4, 0.5) is 4.39 Å². The van der Waals surface area contributed by atoms with Crippen LogP contribution in [-0.4, -0.2) is 52.8 Å². The van der Waals surface area contributed by atoms with E-state index in [4.69, 9.17) is 4.42 Å². The largest absolute Gasteiger partial charge is 0.444 e. The van der Waals surface area contributed by atoms with E-state index < -0.39 is 5.82 Å². The van der Waals surface area contributed by atoms with Gasteiger partial charge in [0, 0.05) is 37.3 Å². The molecule has 0 unspecified atom stereocenters. The van der Waals surface area contributed by atoms with Gasteiger partial charge in [0.1, 0.15) is 12.1 Å². The topological polar surface area (TPSA) is 66.7 Å². The van der Waals surface area contributed by atoms with Crippen molar-refractivity contribution in [2.24, 2.45) is 0 Å². The Bertz CT molecular complexity index is 1010. The SMILES string of the molecule is O=C(Cc1coc(-c2ccccc2)n1)N1CCN(C(=O)c2cccc(F)c2)CC1. The number of piperazine rings is 1. The summed E-state index contributed by atoms with van der Waals surface area (Å²) in [5, 5.41) is 0. The number of aromatic nitrogens is 1. The maximum absolute atomic E-state index is 13.3. The zero-order valence-electron chi connectivity index (χ0n) is 15.8. The smallest absolute Gasteiger partial charge is 0.254 e. The summed E-state index contributed by atoms with van der Waals surface area (Å²) in [7, 11) is 0. The van der Waals surface area contributed by atoms with Crippen LogP contribution < -0.4 is 0 Å². The van der Waals surface area contributed by atoms with Gasteiger partial charge in [-0.3, -0.25) is 9.59 Å². The highest BCUT2D eigenvalue weighted by molar-refractivity contribution is 5.94. The zero-order valence-corrected chi connectivity index (χ0v) is 15.8. The Kier molecular flexibility index (Phi) is 5.37. The molecule has 0 atom stereocenters. The lowest BCUT2D eigenvalue weighted by Gasteiger charge is -2.34. The Balaban J connectivity index is 1.32. The number of rotatable bonds is 4. The van der Waals surface area contributed by atoms with E-state index in [1.165, 1.54) is 24.5 Å². The van der Waals surface area contributed by atoms with E-state index in [-0.39, 0.29) is 18.2 Å². The summed E-state index contributed by atoms with van der Waals surface area (Å²) in [5.41, 5.74) is 1.75. The van der Waals surface area contributed by atoms with Crippen LogP contribution in [-0.2, 0) is 11.2 Å². The van der Waals surface area contributed by atoms with Gasteiger partial charge in [0.2, 0.25) is 11.8 Å². The van der Waals surface area contributed by atoms with Crippen LogP contribution in [0.3, 0.4) is 0 Å². The van der Waals surface area contributed by atoms with Crippen molar-refractivity contribution in [1.29, 1.82) is 0 Å². The van der Waals surface area contributed by atoms with Crippen molar-refractivity contribution in [3.63, 3.8) is 0 Å². The minimum atomic E-state index is -0.438. The van der Waals surface area contributed by atoms with Gasteiger partial charge in [-0.25, -0.2) is 9.37 Å². The summed E-state index contributed by atoms with van der Waals surface area (Å²) < 4.78 is 18.8. The van der Waals surface area contributed by atoms with Crippen molar-refractivity contribution in [2.75, 3.05) is 26.2 Å². The van der Waals surface area contributed by atoms with Crippen molar-refractivity contribution in [3.05, 3.63) is 77.9 Å². The van der Waals surface area contributed by atoms with Gasteiger partial charge >= 0.3 is 0 Å². The monoisotopic (exact) mass is 393 g/mol. The average Bonchev–Trinajstić information content (AvgIpc) is 3.22. The number of halogens is 1. The van der Waals surface area contributed by atoms with Gasteiger partial charge in [-0.1, -0.05) is 24.3 Å². The molecule has 0 N–H and O–H groups in total. The van der Waals surface area contributed by atoms with Crippen LogP contribution >= 0.6 is 0 Å². The van der Waals surface area contributed by atoms with Gasteiger partial charge in [-0.2, -0.15) is 0 Å². The molecule has 2 heterocycles. The molecule has 7 heteroatoms. The number of oxazole rings is 1. The van der Waals surface area contributed by atoms with E-state index in [1.807, 2.05) is 30.3 Å². The highest BCUT2D eigenvalue weighted by Crippen LogP contribution is 2.19. The first-order valence-corrected chi connectivity index (χ1v) is 9.42. The third kappa shape index (κ3) is 4.34. The lowest BCUT2D eigenvalue weighted by atomic mass is 10.1. The molecular weight excluding hydrogens is 373 g/mol. The number of hydrogen-bond donors (Lipinski definition) is 0. The summed E-state index contributed by atoms with van der Waals surface area (Å²) in [6.07, 6.45) is 1.65. The Morgan fingerprint density at radius 3 is 2.41 bits per heavy atom. The summed E-state index contributed by atoms with van der Waals surface area (Å²) in [5.74, 6) is -0.234. The number of amides is 2. The van der Waals surface area contributed by atoms with E-state index in [0.29, 0.717) is 43.3 Å². The molecule has 1 fully saturated rings. The van der Waals surface area contributed by atoms with Gasteiger partial charge in [0.15, 0.2) is 0 Å². The summed E-state index contributed by atoms with van der Waals surface area (Å²) in [6, 6.07) is 15.1. The molecule has 0 radical (unpaired) electrons. The molecule has 2 aromatic carbocycles. The van der Waals surface area contributed by atoms with Crippen LogP contribution in [0, 0.1) is 5.82 Å². The van der Waals surface area contributed by atoms with Crippen LogP contribution in [0.15, 0.2) is 65.3 Å². The second-order valence-electron chi connectivity index (χ2n) is 6.87. The fraction of sp³-hybridized carbons (Fsp3) is 0.227. The Morgan fingerprint density at radius 1 is 0.966 bits per heavy atom. The maximum atomic E-state index is 13.3. The predicted octanol–water partition coefficient (Wildman–Crippen LogP) is 3.01. The molecule has 29 heavy (non-hydrogen) atoms. The molecule has 0 bridgehead atoms. The number of hydrogen-bond acceptors (Lipinski definition) is 4. The lowest BCUT2D eigenvalue weighted by molar-refractivity contribution is -0.132. The van der Waals surface area contributed by atoms with Crippen molar-refractivity contribution >= 4 is 11.8 Å². The fourth-order valence-corrected chi connectivity index (χ4v) is 3.33. The third-order valence-electron chi connectivity index (χ3n) is 4.90. The molecule has 0 aliphatic carbocycles. The van der Waals surface area contributed by atoms with Gasteiger partial charge < -0.3 is 14.2 Å². The minimum absolute atomic E-state index is 0.0595. The van der Waals surface area contributed by atoms with Gasteiger partial charge in [0.25, 0.3) is 5.91 Å². The molecule has 1 aliphatic rings. The molecule has 0 saturated carbocycles. The third-order valence-corrected chi connectivity index (χ3v) is 4.90. The van der Waals surface area contributed by atoms with Crippen molar-refractivity contribution in [1.82, 2.24) is 14.8 Å². The van der Waals surface area contributed by atoms with E-state index in [0.717, 1.165) is 5.56 Å². The molecule has 148 valence electrons. The van der Waals surface area contributed by atoms with E-state index in [2.05, 4.69) is 4.98 Å². The number of benzene rings is 2. The van der Waals surface area contributed by atoms with Crippen LogP contribution in [0.25, 0.3) is 11.5 Å². The number of carbonyl (C=O) groups is 2. The fourth-order valence-electron chi connectivity index (χ4n) is 3.33. The van der Waals surface area contributed by atoms with E-state index >= 15 is 0 Å². The van der Waals surface area contributed by atoms with E-state index in [9.17, 15) is 14.0 Å².